The predicted octanol–water partition coefficient (Wildman–Crippen LogP) is 2.40. The SMILES string of the molecule is Cl.Cn1ccnc1C1CNCCN1C(=O)C1CC1c1ccc(F)cc1F. The Bertz CT molecular complexity index is 812. The van der Waals surface area contributed by atoms with E-state index in [1.54, 1.807) is 6.20 Å². The van der Waals surface area contributed by atoms with Gasteiger partial charge in [0.2, 0.25) is 5.91 Å². The Morgan fingerprint density at radius 3 is 2.85 bits per heavy atom. The van der Waals surface area contributed by atoms with Gasteiger partial charge < -0.3 is 14.8 Å². The molecule has 2 fully saturated rings. The second kappa shape index (κ2) is 7.32. The number of hydrogen-bond acceptors (Lipinski definition) is 3. The fraction of sp³-hybridized carbons (Fsp3) is 0.444. The molecule has 0 spiro atoms. The van der Waals surface area contributed by atoms with Crippen molar-refractivity contribution in [2.24, 2.45) is 13.0 Å². The molecular formula is C18H21ClF2N4O. The second-order valence-electron chi connectivity index (χ2n) is 6.76. The molecule has 3 unspecified atom stereocenters. The summed E-state index contributed by atoms with van der Waals surface area (Å²) in [6, 6.07) is 3.47. The molecule has 1 saturated heterocycles. The molecule has 2 heterocycles. The van der Waals surface area contributed by atoms with E-state index in [4.69, 9.17) is 0 Å². The van der Waals surface area contributed by atoms with Crippen LogP contribution in [0.15, 0.2) is 30.6 Å². The number of imidazole rings is 1. The molecule has 1 N–H and O–H groups in total. The van der Waals surface area contributed by atoms with E-state index in [9.17, 15) is 13.6 Å². The molecule has 8 heteroatoms. The number of nitrogens with one attached hydrogen (secondary N) is 1. The third-order valence-electron chi connectivity index (χ3n) is 5.15. The summed E-state index contributed by atoms with van der Waals surface area (Å²) in [5.41, 5.74) is 0.434. The van der Waals surface area contributed by atoms with Gasteiger partial charge in [-0.05, 0) is 24.0 Å². The minimum atomic E-state index is -0.596. The van der Waals surface area contributed by atoms with Gasteiger partial charge in [0.05, 0.1) is 0 Å². The van der Waals surface area contributed by atoms with E-state index in [1.807, 2.05) is 22.7 Å². The molecule has 2 aliphatic rings. The monoisotopic (exact) mass is 382 g/mol. The quantitative estimate of drug-likeness (QED) is 0.886. The van der Waals surface area contributed by atoms with Crippen molar-refractivity contribution in [3.05, 3.63) is 53.6 Å². The normalized spacial score (nSPS) is 24.9. The molecule has 1 saturated carbocycles. The highest BCUT2D eigenvalue weighted by Gasteiger charge is 2.48. The molecule has 3 atom stereocenters. The Labute approximate surface area is 156 Å². The molecule has 0 bridgehead atoms. The van der Waals surface area contributed by atoms with Crippen molar-refractivity contribution in [2.45, 2.75) is 18.4 Å². The van der Waals surface area contributed by atoms with Crippen molar-refractivity contribution in [2.75, 3.05) is 19.6 Å². The van der Waals surface area contributed by atoms with E-state index in [2.05, 4.69) is 10.3 Å². The van der Waals surface area contributed by atoms with Crippen LogP contribution in [0.25, 0.3) is 0 Å². The predicted molar refractivity (Wildman–Crippen MR) is 95.0 cm³/mol. The highest BCUT2D eigenvalue weighted by Crippen LogP contribution is 2.50. The maximum absolute atomic E-state index is 14.0. The fourth-order valence-electron chi connectivity index (χ4n) is 3.72. The van der Waals surface area contributed by atoms with Gasteiger partial charge >= 0.3 is 0 Å². The van der Waals surface area contributed by atoms with E-state index in [0.717, 1.165) is 18.4 Å². The maximum Gasteiger partial charge on any atom is 0.227 e. The van der Waals surface area contributed by atoms with Crippen LogP contribution in [0.1, 0.15) is 29.8 Å². The number of carbonyl (C=O) groups excluding carboxylic acids is 1. The average molecular weight is 383 g/mol. The summed E-state index contributed by atoms with van der Waals surface area (Å²) < 4.78 is 29.0. The van der Waals surface area contributed by atoms with Crippen molar-refractivity contribution in [1.29, 1.82) is 0 Å². The van der Waals surface area contributed by atoms with E-state index in [-0.39, 0.29) is 36.2 Å². The summed E-state index contributed by atoms with van der Waals surface area (Å²) in [5, 5.41) is 3.30. The van der Waals surface area contributed by atoms with Gasteiger partial charge in [0.1, 0.15) is 23.5 Å². The van der Waals surface area contributed by atoms with Crippen molar-refractivity contribution >= 4 is 18.3 Å². The van der Waals surface area contributed by atoms with Crippen LogP contribution in [0.4, 0.5) is 8.78 Å². The first kappa shape index (κ1) is 18.8. The van der Waals surface area contributed by atoms with Crippen molar-refractivity contribution in [1.82, 2.24) is 19.8 Å². The summed E-state index contributed by atoms with van der Waals surface area (Å²) in [6.07, 6.45) is 4.19. The Morgan fingerprint density at radius 2 is 2.15 bits per heavy atom. The summed E-state index contributed by atoms with van der Waals surface area (Å²) in [4.78, 5) is 19.2. The standard InChI is InChI=1S/C18H20F2N4O.ClH/c1-23-6-5-22-17(23)16-10-21-4-7-24(16)18(25)14-9-13(14)12-3-2-11(19)8-15(12)20;/h2-3,5-6,8,13-14,16,21H,4,7,9-10H2,1H3;1H. The minimum absolute atomic E-state index is 0. The van der Waals surface area contributed by atoms with Crippen LogP contribution >= 0.6 is 12.4 Å². The largest absolute Gasteiger partial charge is 0.336 e. The van der Waals surface area contributed by atoms with Gasteiger partial charge in [-0.2, -0.15) is 0 Å². The molecule has 1 aromatic heterocycles. The number of amides is 1. The zero-order valence-electron chi connectivity index (χ0n) is 14.4. The Kier molecular flexibility index (Phi) is 5.29. The lowest BCUT2D eigenvalue weighted by Crippen LogP contribution is -2.50. The molecule has 140 valence electrons. The molecule has 1 amide bonds. The van der Waals surface area contributed by atoms with Crippen molar-refractivity contribution in [3.63, 3.8) is 0 Å². The molecule has 1 aromatic carbocycles. The number of rotatable bonds is 3. The number of nitrogens with zero attached hydrogens (tertiary/aromatic N) is 3. The zero-order chi connectivity index (χ0) is 17.6. The van der Waals surface area contributed by atoms with E-state index in [1.165, 1.54) is 12.1 Å². The third-order valence-corrected chi connectivity index (χ3v) is 5.15. The first-order chi connectivity index (χ1) is 12.1. The van der Waals surface area contributed by atoms with Crippen LogP contribution in [0, 0.1) is 17.6 Å². The van der Waals surface area contributed by atoms with Gasteiger partial charge in [-0.1, -0.05) is 6.07 Å². The van der Waals surface area contributed by atoms with Crippen LogP contribution in [0.2, 0.25) is 0 Å². The van der Waals surface area contributed by atoms with E-state index >= 15 is 0 Å². The number of carbonyl (C=O) groups is 1. The molecule has 5 nitrogen and oxygen atoms in total. The summed E-state index contributed by atoms with van der Waals surface area (Å²) in [7, 11) is 1.91. The van der Waals surface area contributed by atoms with E-state index < -0.39 is 11.6 Å². The van der Waals surface area contributed by atoms with Gasteiger partial charge in [0.15, 0.2) is 0 Å². The number of aryl methyl sites for hydroxylation is 1. The van der Waals surface area contributed by atoms with Crippen LogP contribution in [0.5, 0.6) is 0 Å². The Morgan fingerprint density at radius 1 is 1.35 bits per heavy atom. The zero-order valence-corrected chi connectivity index (χ0v) is 15.2. The molecular weight excluding hydrogens is 362 g/mol. The van der Waals surface area contributed by atoms with Crippen LogP contribution in [-0.2, 0) is 11.8 Å². The average Bonchev–Trinajstić information content (AvgIpc) is 3.27. The lowest BCUT2D eigenvalue weighted by molar-refractivity contribution is -0.136. The highest BCUT2D eigenvalue weighted by molar-refractivity contribution is 5.85. The number of hydrogen-bond donors (Lipinski definition) is 1. The van der Waals surface area contributed by atoms with Crippen LogP contribution < -0.4 is 5.32 Å². The first-order valence-electron chi connectivity index (χ1n) is 8.49. The number of piperazine rings is 1. The van der Waals surface area contributed by atoms with Crippen LogP contribution in [-0.4, -0.2) is 40.0 Å². The third kappa shape index (κ3) is 3.33. The lowest BCUT2D eigenvalue weighted by Gasteiger charge is -2.36. The number of halogens is 3. The maximum atomic E-state index is 14.0. The van der Waals surface area contributed by atoms with Crippen molar-refractivity contribution in [3.8, 4) is 0 Å². The summed E-state index contributed by atoms with van der Waals surface area (Å²) >= 11 is 0. The van der Waals surface area contributed by atoms with Gasteiger partial charge in [-0.25, -0.2) is 13.8 Å². The Balaban J connectivity index is 0.00000196. The lowest BCUT2D eigenvalue weighted by atomic mass is 10.1. The summed E-state index contributed by atoms with van der Waals surface area (Å²) in [6.45, 7) is 1.99. The van der Waals surface area contributed by atoms with Gasteiger partial charge in [0.25, 0.3) is 0 Å². The molecule has 26 heavy (non-hydrogen) atoms. The molecule has 0 radical (unpaired) electrons. The number of aromatic nitrogens is 2. The molecule has 4 rings (SSSR count). The highest BCUT2D eigenvalue weighted by atomic mass is 35.5. The smallest absolute Gasteiger partial charge is 0.227 e. The first-order valence-corrected chi connectivity index (χ1v) is 8.49. The second-order valence-corrected chi connectivity index (χ2v) is 6.76. The van der Waals surface area contributed by atoms with Crippen molar-refractivity contribution < 1.29 is 13.6 Å². The van der Waals surface area contributed by atoms with Gasteiger partial charge in [-0.15, -0.1) is 12.4 Å². The topological polar surface area (TPSA) is 50.2 Å². The van der Waals surface area contributed by atoms with Crippen LogP contribution in [0.3, 0.4) is 0 Å². The molecule has 2 aromatic rings. The van der Waals surface area contributed by atoms with Gasteiger partial charge in [-0.3, -0.25) is 4.79 Å². The minimum Gasteiger partial charge on any atom is -0.336 e. The van der Waals surface area contributed by atoms with E-state index in [0.29, 0.717) is 25.1 Å². The number of benzene rings is 1. The Hall–Kier alpha value is -1.99. The molecule has 1 aliphatic carbocycles. The summed E-state index contributed by atoms with van der Waals surface area (Å²) in [5.74, 6) is -0.692. The van der Waals surface area contributed by atoms with Gasteiger partial charge in [0, 0.05) is 51.1 Å². The molecule has 1 aliphatic heterocycles. The fourth-order valence-corrected chi connectivity index (χ4v) is 3.72.